The first-order valence-corrected chi connectivity index (χ1v) is 4.69. The van der Waals surface area contributed by atoms with Crippen molar-refractivity contribution in [2.24, 2.45) is 0 Å². The maximum absolute atomic E-state index is 12.5. The first-order chi connectivity index (χ1) is 6.46. The van der Waals surface area contributed by atoms with E-state index in [0.717, 1.165) is 6.07 Å². The molecule has 0 aliphatic heterocycles. The van der Waals surface area contributed by atoms with Crippen LogP contribution in [0, 0.1) is 0 Å². The Morgan fingerprint density at radius 2 is 1.93 bits per heavy atom. The fraction of sp³-hybridized carbons (Fsp3) is 0.400. The van der Waals surface area contributed by atoms with E-state index < -0.39 is 11.7 Å². The van der Waals surface area contributed by atoms with Crippen molar-refractivity contribution in [3.63, 3.8) is 0 Å². The molecule has 1 aromatic rings. The SMILES string of the molecule is CCCc1c(Cl)cccc1C(F)(F)F. The monoisotopic (exact) mass is 222 g/mol. The van der Waals surface area contributed by atoms with Crippen LogP contribution in [0.5, 0.6) is 0 Å². The molecule has 0 fully saturated rings. The summed E-state index contributed by atoms with van der Waals surface area (Å²) in [6.45, 7) is 1.82. The predicted octanol–water partition coefficient (Wildman–Crippen LogP) is 4.31. The van der Waals surface area contributed by atoms with E-state index in [1.807, 2.05) is 6.92 Å². The number of rotatable bonds is 2. The highest BCUT2D eigenvalue weighted by Crippen LogP contribution is 2.35. The molecule has 0 saturated carbocycles. The van der Waals surface area contributed by atoms with Gasteiger partial charge in [0, 0.05) is 5.02 Å². The quantitative estimate of drug-likeness (QED) is 0.700. The van der Waals surface area contributed by atoms with Crippen molar-refractivity contribution >= 4 is 11.6 Å². The molecule has 0 saturated heterocycles. The molecule has 0 N–H and O–H groups in total. The van der Waals surface area contributed by atoms with Crippen LogP contribution in [-0.2, 0) is 12.6 Å². The summed E-state index contributed by atoms with van der Waals surface area (Å²) in [4.78, 5) is 0. The van der Waals surface area contributed by atoms with Crippen LogP contribution in [0.4, 0.5) is 13.2 Å². The fourth-order valence-corrected chi connectivity index (χ4v) is 1.60. The van der Waals surface area contributed by atoms with Gasteiger partial charge in [-0.15, -0.1) is 0 Å². The molecular weight excluding hydrogens is 213 g/mol. The van der Waals surface area contributed by atoms with Crippen LogP contribution in [0.3, 0.4) is 0 Å². The average molecular weight is 223 g/mol. The number of benzene rings is 1. The number of hydrogen-bond acceptors (Lipinski definition) is 0. The minimum atomic E-state index is -4.31. The average Bonchev–Trinajstić information content (AvgIpc) is 2.07. The van der Waals surface area contributed by atoms with Crippen molar-refractivity contribution in [2.75, 3.05) is 0 Å². The van der Waals surface area contributed by atoms with Crippen LogP contribution < -0.4 is 0 Å². The van der Waals surface area contributed by atoms with Crippen LogP contribution in [-0.4, -0.2) is 0 Å². The molecule has 0 radical (unpaired) electrons. The first-order valence-electron chi connectivity index (χ1n) is 4.31. The Morgan fingerprint density at radius 1 is 1.29 bits per heavy atom. The third-order valence-electron chi connectivity index (χ3n) is 1.92. The molecule has 0 aliphatic carbocycles. The Balaban J connectivity index is 3.21. The van der Waals surface area contributed by atoms with E-state index in [1.54, 1.807) is 0 Å². The molecule has 0 aliphatic rings. The topological polar surface area (TPSA) is 0 Å². The lowest BCUT2D eigenvalue weighted by atomic mass is 10.0. The Hall–Kier alpha value is -0.700. The van der Waals surface area contributed by atoms with Gasteiger partial charge in [-0.3, -0.25) is 0 Å². The third kappa shape index (κ3) is 2.41. The molecule has 0 nitrogen and oxygen atoms in total. The van der Waals surface area contributed by atoms with Gasteiger partial charge < -0.3 is 0 Å². The van der Waals surface area contributed by atoms with Gasteiger partial charge in [0.25, 0.3) is 0 Å². The Morgan fingerprint density at radius 3 is 2.43 bits per heavy atom. The second kappa shape index (κ2) is 4.22. The van der Waals surface area contributed by atoms with Gasteiger partial charge in [-0.1, -0.05) is 31.0 Å². The smallest absolute Gasteiger partial charge is 0.166 e. The van der Waals surface area contributed by atoms with Crippen molar-refractivity contribution in [2.45, 2.75) is 25.9 Å². The van der Waals surface area contributed by atoms with Crippen LogP contribution in [0.15, 0.2) is 18.2 Å². The Labute approximate surface area is 85.7 Å². The summed E-state index contributed by atoms with van der Waals surface area (Å²) in [6, 6.07) is 3.88. The van der Waals surface area contributed by atoms with Gasteiger partial charge in [-0.2, -0.15) is 13.2 Å². The Bertz CT molecular complexity index is 318. The number of alkyl halides is 3. The van der Waals surface area contributed by atoms with Crippen molar-refractivity contribution in [1.82, 2.24) is 0 Å². The molecule has 1 rings (SSSR count). The zero-order valence-electron chi connectivity index (χ0n) is 7.66. The van der Waals surface area contributed by atoms with Crippen molar-refractivity contribution < 1.29 is 13.2 Å². The maximum atomic E-state index is 12.5. The fourth-order valence-electron chi connectivity index (χ4n) is 1.33. The van der Waals surface area contributed by atoms with Gasteiger partial charge in [0.1, 0.15) is 0 Å². The standard InChI is InChI=1S/C10H10ClF3/c1-2-4-7-8(10(12,13)14)5-3-6-9(7)11/h3,5-6H,2,4H2,1H3. The second-order valence-corrected chi connectivity index (χ2v) is 3.42. The number of halogens is 4. The molecule has 78 valence electrons. The molecule has 0 amide bonds. The summed E-state index contributed by atoms with van der Waals surface area (Å²) >= 11 is 5.71. The minimum absolute atomic E-state index is 0.196. The van der Waals surface area contributed by atoms with Crippen LogP contribution in [0.1, 0.15) is 24.5 Å². The lowest BCUT2D eigenvalue weighted by Crippen LogP contribution is -2.09. The normalized spacial score (nSPS) is 11.8. The molecular formula is C10H10ClF3. The van der Waals surface area contributed by atoms with Gasteiger partial charge in [0.05, 0.1) is 5.56 Å². The summed E-state index contributed by atoms with van der Waals surface area (Å²) in [5.41, 5.74) is -0.420. The van der Waals surface area contributed by atoms with Crippen LogP contribution in [0.2, 0.25) is 5.02 Å². The van der Waals surface area contributed by atoms with Gasteiger partial charge in [-0.05, 0) is 24.1 Å². The van der Waals surface area contributed by atoms with Gasteiger partial charge >= 0.3 is 6.18 Å². The van der Waals surface area contributed by atoms with E-state index in [4.69, 9.17) is 11.6 Å². The summed E-state index contributed by atoms with van der Waals surface area (Å²) in [7, 11) is 0. The highest BCUT2D eigenvalue weighted by Gasteiger charge is 2.33. The zero-order valence-corrected chi connectivity index (χ0v) is 8.41. The van der Waals surface area contributed by atoms with E-state index >= 15 is 0 Å². The Kier molecular flexibility index (Phi) is 3.43. The van der Waals surface area contributed by atoms with Crippen LogP contribution >= 0.6 is 11.6 Å². The minimum Gasteiger partial charge on any atom is -0.166 e. The largest absolute Gasteiger partial charge is 0.416 e. The van der Waals surface area contributed by atoms with Crippen LogP contribution in [0.25, 0.3) is 0 Å². The predicted molar refractivity (Wildman–Crippen MR) is 50.4 cm³/mol. The molecule has 0 spiro atoms. The maximum Gasteiger partial charge on any atom is 0.416 e. The van der Waals surface area contributed by atoms with Gasteiger partial charge in [0.2, 0.25) is 0 Å². The summed E-state index contributed by atoms with van der Waals surface area (Å²) in [6.07, 6.45) is -3.31. The van der Waals surface area contributed by atoms with Gasteiger partial charge in [0.15, 0.2) is 0 Å². The lowest BCUT2D eigenvalue weighted by molar-refractivity contribution is -0.138. The summed E-state index contributed by atoms with van der Waals surface area (Å²) in [5.74, 6) is 0. The summed E-state index contributed by atoms with van der Waals surface area (Å²) in [5, 5.41) is 0.196. The van der Waals surface area contributed by atoms with Crippen molar-refractivity contribution in [1.29, 1.82) is 0 Å². The van der Waals surface area contributed by atoms with Crippen molar-refractivity contribution in [3.8, 4) is 0 Å². The van der Waals surface area contributed by atoms with E-state index in [9.17, 15) is 13.2 Å². The molecule has 0 aromatic heterocycles. The van der Waals surface area contributed by atoms with E-state index in [-0.39, 0.29) is 10.6 Å². The highest BCUT2D eigenvalue weighted by molar-refractivity contribution is 6.31. The molecule has 0 unspecified atom stereocenters. The molecule has 0 atom stereocenters. The lowest BCUT2D eigenvalue weighted by Gasteiger charge is -2.13. The molecule has 4 heteroatoms. The molecule has 14 heavy (non-hydrogen) atoms. The third-order valence-corrected chi connectivity index (χ3v) is 2.28. The zero-order chi connectivity index (χ0) is 10.8. The van der Waals surface area contributed by atoms with E-state index in [2.05, 4.69) is 0 Å². The molecule has 1 aromatic carbocycles. The highest BCUT2D eigenvalue weighted by atomic mass is 35.5. The van der Waals surface area contributed by atoms with E-state index in [1.165, 1.54) is 12.1 Å². The van der Waals surface area contributed by atoms with Gasteiger partial charge in [-0.25, -0.2) is 0 Å². The second-order valence-electron chi connectivity index (χ2n) is 3.01. The molecule has 0 bridgehead atoms. The van der Waals surface area contributed by atoms with E-state index in [0.29, 0.717) is 12.8 Å². The molecule has 0 heterocycles. The first kappa shape index (κ1) is 11.4. The summed E-state index contributed by atoms with van der Waals surface area (Å²) < 4.78 is 37.5. The van der Waals surface area contributed by atoms with Crippen molar-refractivity contribution in [3.05, 3.63) is 34.3 Å². The number of hydrogen-bond donors (Lipinski definition) is 0.